The van der Waals surface area contributed by atoms with Crippen molar-refractivity contribution in [1.29, 1.82) is 0 Å². The van der Waals surface area contributed by atoms with Crippen LogP contribution in [0.4, 0.5) is 0 Å². The first-order valence-corrected chi connectivity index (χ1v) is 8.94. The predicted octanol–water partition coefficient (Wildman–Crippen LogP) is -1.48. The summed E-state index contributed by atoms with van der Waals surface area (Å²) in [6, 6.07) is -3.03. The van der Waals surface area contributed by atoms with E-state index in [0.717, 1.165) is 0 Å². The number of carboxylic acid groups (broad SMARTS) is 1. The SMILES string of the molecule is CC(C)CC(NC(=O)C(Cc1cnc[nH]1)NC(=O)CN)C(=O)NC(C)C(=O)O. The molecule has 0 fully saturated rings. The number of nitrogens with one attached hydrogen (secondary N) is 4. The molecule has 0 saturated heterocycles. The number of H-pyrrole nitrogens is 1. The van der Waals surface area contributed by atoms with Crippen LogP contribution in [0, 0.1) is 5.92 Å². The van der Waals surface area contributed by atoms with Crippen LogP contribution in [0.5, 0.6) is 0 Å². The van der Waals surface area contributed by atoms with E-state index in [4.69, 9.17) is 10.8 Å². The summed E-state index contributed by atoms with van der Waals surface area (Å²) < 4.78 is 0. The van der Waals surface area contributed by atoms with Gasteiger partial charge in [0.2, 0.25) is 17.7 Å². The standard InChI is InChI=1S/C17H28N6O5/c1-9(2)4-12(15(25)21-10(3)17(27)28)23-16(26)13(22-14(24)6-18)5-11-7-19-8-20-11/h7-10,12-13H,4-6,18H2,1-3H3,(H,19,20)(H,21,25)(H,22,24)(H,23,26)(H,27,28). The van der Waals surface area contributed by atoms with Gasteiger partial charge in [-0.3, -0.25) is 19.2 Å². The van der Waals surface area contributed by atoms with Gasteiger partial charge < -0.3 is 31.8 Å². The van der Waals surface area contributed by atoms with Gasteiger partial charge in [0.1, 0.15) is 18.1 Å². The second-order valence-corrected chi connectivity index (χ2v) is 6.86. The van der Waals surface area contributed by atoms with Crippen LogP contribution in [0.15, 0.2) is 12.5 Å². The van der Waals surface area contributed by atoms with Crippen molar-refractivity contribution < 1.29 is 24.3 Å². The van der Waals surface area contributed by atoms with E-state index in [-0.39, 0.29) is 18.9 Å². The Morgan fingerprint density at radius 2 is 1.75 bits per heavy atom. The molecule has 1 aromatic rings. The van der Waals surface area contributed by atoms with Crippen LogP contribution in [0.2, 0.25) is 0 Å². The molecule has 156 valence electrons. The second kappa shape index (κ2) is 11.0. The molecule has 0 aromatic carbocycles. The lowest BCUT2D eigenvalue weighted by atomic mass is 10.0. The molecule has 0 spiro atoms. The maximum Gasteiger partial charge on any atom is 0.325 e. The highest BCUT2D eigenvalue weighted by Crippen LogP contribution is 2.07. The molecule has 11 nitrogen and oxygen atoms in total. The van der Waals surface area contributed by atoms with Crippen molar-refractivity contribution in [3.63, 3.8) is 0 Å². The lowest BCUT2D eigenvalue weighted by Crippen LogP contribution is -2.56. The molecule has 3 amide bonds. The number of carbonyl (C=O) groups is 4. The molecule has 7 N–H and O–H groups in total. The smallest absolute Gasteiger partial charge is 0.325 e. The molecule has 0 bridgehead atoms. The maximum absolute atomic E-state index is 12.7. The Morgan fingerprint density at radius 1 is 1.11 bits per heavy atom. The Bertz CT molecular complexity index is 676. The summed E-state index contributed by atoms with van der Waals surface area (Å²) in [7, 11) is 0. The molecule has 0 aliphatic heterocycles. The summed E-state index contributed by atoms with van der Waals surface area (Å²) in [5, 5.41) is 16.4. The number of nitrogens with two attached hydrogens (primary N) is 1. The molecule has 11 heteroatoms. The summed E-state index contributed by atoms with van der Waals surface area (Å²) in [4.78, 5) is 54.5. The lowest BCUT2D eigenvalue weighted by Gasteiger charge is -2.24. The third kappa shape index (κ3) is 7.74. The minimum absolute atomic E-state index is 0.0564. The van der Waals surface area contributed by atoms with Crippen molar-refractivity contribution in [3.05, 3.63) is 18.2 Å². The first-order valence-electron chi connectivity index (χ1n) is 8.94. The van der Waals surface area contributed by atoms with Gasteiger partial charge >= 0.3 is 5.97 Å². The number of imidazole rings is 1. The second-order valence-electron chi connectivity index (χ2n) is 6.86. The van der Waals surface area contributed by atoms with Gasteiger partial charge in [-0.1, -0.05) is 13.8 Å². The third-order valence-corrected chi connectivity index (χ3v) is 3.89. The van der Waals surface area contributed by atoms with Gasteiger partial charge in [0.05, 0.1) is 12.9 Å². The molecule has 0 radical (unpaired) electrons. The highest BCUT2D eigenvalue weighted by molar-refractivity contribution is 5.93. The van der Waals surface area contributed by atoms with Crippen LogP contribution >= 0.6 is 0 Å². The lowest BCUT2D eigenvalue weighted by molar-refractivity contribution is -0.141. The number of aromatic amines is 1. The van der Waals surface area contributed by atoms with Gasteiger partial charge in [-0.2, -0.15) is 0 Å². The minimum atomic E-state index is -1.18. The number of hydrogen-bond acceptors (Lipinski definition) is 6. The van der Waals surface area contributed by atoms with Gasteiger partial charge in [0, 0.05) is 18.3 Å². The minimum Gasteiger partial charge on any atom is -0.480 e. The van der Waals surface area contributed by atoms with Crippen LogP contribution in [0.3, 0.4) is 0 Å². The first-order chi connectivity index (χ1) is 13.1. The topological polar surface area (TPSA) is 179 Å². The molecule has 1 aromatic heterocycles. The summed E-state index contributed by atoms with van der Waals surface area (Å²) >= 11 is 0. The number of nitrogens with zero attached hydrogens (tertiary/aromatic N) is 1. The van der Waals surface area contributed by atoms with Crippen molar-refractivity contribution >= 4 is 23.7 Å². The number of hydrogen-bond donors (Lipinski definition) is 6. The predicted molar refractivity (Wildman–Crippen MR) is 99.9 cm³/mol. The molecule has 0 aliphatic rings. The van der Waals surface area contributed by atoms with E-state index in [9.17, 15) is 19.2 Å². The van der Waals surface area contributed by atoms with Crippen molar-refractivity contribution in [3.8, 4) is 0 Å². The Hall–Kier alpha value is -2.95. The van der Waals surface area contributed by atoms with E-state index >= 15 is 0 Å². The molecular weight excluding hydrogens is 368 g/mol. The normalized spacial score (nSPS) is 14.0. The van der Waals surface area contributed by atoms with Crippen molar-refractivity contribution in [1.82, 2.24) is 25.9 Å². The van der Waals surface area contributed by atoms with E-state index in [1.165, 1.54) is 19.4 Å². The molecular formula is C17H28N6O5. The van der Waals surface area contributed by atoms with Crippen LogP contribution in [-0.2, 0) is 25.6 Å². The molecule has 3 unspecified atom stereocenters. The van der Waals surface area contributed by atoms with E-state index in [2.05, 4.69) is 25.9 Å². The fraction of sp³-hybridized carbons (Fsp3) is 0.588. The van der Waals surface area contributed by atoms with Crippen LogP contribution in [0.1, 0.15) is 32.9 Å². The molecule has 3 atom stereocenters. The molecule has 1 rings (SSSR count). The van der Waals surface area contributed by atoms with Crippen LogP contribution < -0.4 is 21.7 Å². The Labute approximate surface area is 162 Å². The van der Waals surface area contributed by atoms with Gasteiger partial charge in [0.25, 0.3) is 0 Å². The Morgan fingerprint density at radius 3 is 2.25 bits per heavy atom. The zero-order chi connectivity index (χ0) is 21.3. The van der Waals surface area contributed by atoms with Gasteiger partial charge in [-0.05, 0) is 19.3 Å². The Balaban J connectivity index is 2.91. The van der Waals surface area contributed by atoms with E-state index in [0.29, 0.717) is 12.1 Å². The number of rotatable bonds is 11. The number of carboxylic acids is 1. The maximum atomic E-state index is 12.7. The number of aliphatic carboxylic acids is 1. The zero-order valence-corrected chi connectivity index (χ0v) is 16.2. The highest BCUT2D eigenvalue weighted by atomic mass is 16.4. The van der Waals surface area contributed by atoms with Crippen molar-refractivity contribution in [2.75, 3.05) is 6.54 Å². The first kappa shape index (κ1) is 23.1. The molecule has 28 heavy (non-hydrogen) atoms. The van der Waals surface area contributed by atoms with Crippen LogP contribution in [0.25, 0.3) is 0 Å². The average molecular weight is 396 g/mol. The number of aromatic nitrogens is 2. The summed E-state index contributed by atoms with van der Waals surface area (Å²) in [5.74, 6) is -2.84. The summed E-state index contributed by atoms with van der Waals surface area (Å²) in [6.45, 7) is 4.77. The number of amides is 3. The third-order valence-electron chi connectivity index (χ3n) is 3.89. The highest BCUT2D eigenvalue weighted by Gasteiger charge is 2.29. The summed E-state index contributed by atoms with van der Waals surface area (Å²) in [5.41, 5.74) is 5.92. The van der Waals surface area contributed by atoms with E-state index < -0.39 is 41.8 Å². The van der Waals surface area contributed by atoms with Gasteiger partial charge in [-0.25, -0.2) is 4.98 Å². The average Bonchev–Trinajstić information content (AvgIpc) is 3.12. The zero-order valence-electron chi connectivity index (χ0n) is 16.2. The monoisotopic (exact) mass is 396 g/mol. The Kier molecular flexibility index (Phi) is 9.09. The van der Waals surface area contributed by atoms with E-state index in [1.54, 1.807) is 0 Å². The van der Waals surface area contributed by atoms with Crippen molar-refractivity contribution in [2.45, 2.75) is 51.7 Å². The van der Waals surface area contributed by atoms with Crippen molar-refractivity contribution in [2.24, 2.45) is 11.7 Å². The van der Waals surface area contributed by atoms with Crippen LogP contribution in [-0.4, -0.2) is 63.4 Å². The largest absolute Gasteiger partial charge is 0.480 e. The molecule has 0 saturated carbocycles. The molecule has 1 heterocycles. The summed E-state index contributed by atoms with van der Waals surface area (Å²) in [6.07, 6.45) is 3.38. The van der Waals surface area contributed by atoms with Gasteiger partial charge in [-0.15, -0.1) is 0 Å². The molecule has 0 aliphatic carbocycles. The van der Waals surface area contributed by atoms with Gasteiger partial charge in [0.15, 0.2) is 0 Å². The fourth-order valence-electron chi connectivity index (χ4n) is 2.43. The fourth-order valence-corrected chi connectivity index (χ4v) is 2.43. The quantitative estimate of drug-likeness (QED) is 0.264. The van der Waals surface area contributed by atoms with E-state index in [1.807, 2.05) is 13.8 Å². The number of carbonyl (C=O) groups excluding carboxylic acids is 3.